The summed E-state index contributed by atoms with van der Waals surface area (Å²) in [6, 6.07) is -0.753. The molecule has 8 nitrogen and oxygen atoms in total. The highest BCUT2D eigenvalue weighted by atomic mass is 31.2. The molecule has 0 bridgehead atoms. The van der Waals surface area contributed by atoms with Crippen LogP contribution in [0.2, 0.25) is 0 Å². The van der Waals surface area contributed by atoms with Crippen LogP contribution in [0.4, 0.5) is 0 Å². The Morgan fingerprint density at radius 2 is 0.900 bits per heavy atom. The molecule has 0 rings (SSSR count). The summed E-state index contributed by atoms with van der Waals surface area (Å²) >= 11 is 0. The van der Waals surface area contributed by atoms with Gasteiger partial charge in [-0.1, -0.05) is 225 Å². The maximum Gasteiger partial charge on any atom is 0.472 e. The first-order chi connectivity index (χ1) is 29.0. The van der Waals surface area contributed by atoms with Crippen LogP contribution in [0.15, 0.2) is 12.2 Å². The van der Waals surface area contributed by atoms with E-state index in [1.165, 1.54) is 193 Å². The Labute approximate surface area is 373 Å². The van der Waals surface area contributed by atoms with Gasteiger partial charge in [0.1, 0.15) is 13.2 Å². The maximum absolute atomic E-state index is 12.9. The normalized spacial score (nSPS) is 14.2. The lowest BCUT2D eigenvalue weighted by Crippen LogP contribution is -2.46. The fraction of sp³-hybridized carbons (Fsp3) is 0.941. The predicted molar refractivity (Wildman–Crippen MR) is 259 cm³/mol. The number of quaternary nitrogens is 1. The van der Waals surface area contributed by atoms with E-state index >= 15 is 0 Å². The minimum Gasteiger partial charge on any atom is -0.391 e. The van der Waals surface area contributed by atoms with Crippen LogP contribution in [-0.4, -0.2) is 73.4 Å². The number of nitrogens with zero attached hydrogens (tertiary/aromatic N) is 1. The number of phosphoric acid groups is 1. The number of hydrogen-bond donors (Lipinski definition) is 3. The number of phosphoric ester groups is 1. The molecule has 0 radical (unpaired) electrons. The van der Waals surface area contributed by atoms with Crippen molar-refractivity contribution in [1.29, 1.82) is 0 Å². The highest BCUT2D eigenvalue weighted by Crippen LogP contribution is 2.43. The Bertz CT molecular complexity index is 989. The Hall–Kier alpha value is -0.760. The first-order valence-corrected chi connectivity index (χ1v) is 27.5. The number of aliphatic hydroxyl groups excluding tert-OH is 1. The third kappa shape index (κ3) is 45.3. The Morgan fingerprint density at radius 1 is 0.550 bits per heavy atom. The highest BCUT2D eigenvalue weighted by Gasteiger charge is 2.28. The summed E-state index contributed by atoms with van der Waals surface area (Å²) in [6.07, 6.45) is 51.6. The van der Waals surface area contributed by atoms with Gasteiger partial charge in [-0.05, 0) is 38.5 Å². The molecule has 358 valence electrons. The second-order valence-corrected chi connectivity index (χ2v) is 20.7. The zero-order valence-electron chi connectivity index (χ0n) is 40.7. The van der Waals surface area contributed by atoms with Gasteiger partial charge in [0.25, 0.3) is 0 Å². The fourth-order valence-electron chi connectivity index (χ4n) is 7.87. The minimum atomic E-state index is -4.30. The number of allylic oxidation sites excluding steroid dienone is 2. The van der Waals surface area contributed by atoms with Crippen molar-refractivity contribution in [3.05, 3.63) is 12.2 Å². The highest BCUT2D eigenvalue weighted by molar-refractivity contribution is 7.47. The van der Waals surface area contributed by atoms with Gasteiger partial charge in [-0.3, -0.25) is 13.8 Å². The fourth-order valence-corrected chi connectivity index (χ4v) is 8.60. The molecule has 0 aromatic heterocycles. The summed E-state index contributed by atoms with van der Waals surface area (Å²) in [4.78, 5) is 23.1. The van der Waals surface area contributed by atoms with E-state index in [-0.39, 0.29) is 19.1 Å². The van der Waals surface area contributed by atoms with Gasteiger partial charge in [0.15, 0.2) is 0 Å². The molecule has 0 saturated heterocycles. The van der Waals surface area contributed by atoms with E-state index < -0.39 is 20.0 Å². The number of nitrogens with one attached hydrogen (secondary N) is 1. The Kier molecular flexibility index (Phi) is 42.9. The molecule has 0 aromatic carbocycles. The lowest BCUT2D eigenvalue weighted by atomic mass is 10.0. The van der Waals surface area contributed by atoms with Crippen molar-refractivity contribution in [2.75, 3.05) is 40.9 Å². The van der Waals surface area contributed by atoms with Crippen LogP contribution in [0.1, 0.15) is 258 Å². The van der Waals surface area contributed by atoms with Gasteiger partial charge < -0.3 is 19.8 Å². The number of hydrogen-bond acceptors (Lipinski definition) is 5. The van der Waals surface area contributed by atoms with Crippen molar-refractivity contribution in [3.63, 3.8) is 0 Å². The number of carbonyl (C=O) groups is 1. The van der Waals surface area contributed by atoms with E-state index in [1.807, 2.05) is 21.1 Å². The lowest BCUT2D eigenvalue weighted by Gasteiger charge is -2.26. The third-order valence-electron chi connectivity index (χ3n) is 12.0. The molecule has 3 N–H and O–H groups in total. The number of likely N-dealkylation sites (N-methyl/N-ethyl adjacent to an activating group) is 1. The number of amides is 1. The molecule has 3 unspecified atom stereocenters. The van der Waals surface area contributed by atoms with E-state index in [1.54, 1.807) is 0 Å². The van der Waals surface area contributed by atoms with Gasteiger partial charge in [0.05, 0.1) is 39.9 Å². The molecule has 0 saturated carbocycles. The number of aliphatic hydroxyl groups is 1. The molecule has 60 heavy (non-hydrogen) atoms. The van der Waals surface area contributed by atoms with Gasteiger partial charge in [-0.15, -0.1) is 0 Å². The number of carbonyl (C=O) groups excluding carboxylic acids is 1. The van der Waals surface area contributed by atoms with Gasteiger partial charge in [0.2, 0.25) is 5.91 Å². The molecule has 0 aliphatic carbocycles. The van der Waals surface area contributed by atoms with E-state index in [9.17, 15) is 19.4 Å². The molecule has 3 atom stereocenters. The summed E-state index contributed by atoms with van der Waals surface area (Å²) < 4.78 is 23.5. The Balaban J connectivity index is 3.85. The minimum absolute atomic E-state index is 0.0769. The summed E-state index contributed by atoms with van der Waals surface area (Å²) in [5.74, 6) is -0.144. The quantitative estimate of drug-likeness (QED) is 0.0243. The van der Waals surface area contributed by atoms with Crippen molar-refractivity contribution >= 4 is 13.7 Å². The molecule has 0 aromatic rings. The van der Waals surface area contributed by atoms with Gasteiger partial charge in [-0.2, -0.15) is 0 Å². The standard InChI is InChI=1S/C51H103N2O6P/c1-6-8-10-12-14-15-16-17-18-19-20-21-22-23-24-25-26-27-28-29-30-31-32-33-34-35-36-37-39-41-43-45-51(55)52-49(50(54)44-42-40-38-13-11-9-7-2)48-59-60(56,57)58-47-46-53(3,4)5/h19-20,49-50,54H,6-18,21-48H2,1-5H3,(H-,52,55,56,57)/p+1/b20-19-. The van der Waals surface area contributed by atoms with Crippen LogP contribution in [0.3, 0.4) is 0 Å². The van der Waals surface area contributed by atoms with Crippen molar-refractivity contribution in [2.24, 2.45) is 0 Å². The zero-order valence-corrected chi connectivity index (χ0v) is 41.6. The molecule has 0 fully saturated rings. The first-order valence-electron chi connectivity index (χ1n) is 26.1. The zero-order chi connectivity index (χ0) is 44.3. The molecule has 1 amide bonds. The molecule has 0 heterocycles. The lowest BCUT2D eigenvalue weighted by molar-refractivity contribution is -0.870. The maximum atomic E-state index is 12.9. The largest absolute Gasteiger partial charge is 0.472 e. The van der Waals surface area contributed by atoms with Crippen LogP contribution >= 0.6 is 7.82 Å². The summed E-state index contributed by atoms with van der Waals surface area (Å²) in [5, 5.41) is 13.9. The van der Waals surface area contributed by atoms with Crippen LogP contribution in [0, 0.1) is 0 Å². The number of rotatable bonds is 48. The smallest absolute Gasteiger partial charge is 0.391 e. The average molecular weight is 872 g/mol. The average Bonchev–Trinajstić information content (AvgIpc) is 3.20. The molecule has 0 aliphatic heterocycles. The van der Waals surface area contributed by atoms with Crippen molar-refractivity contribution in [1.82, 2.24) is 5.32 Å². The van der Waals surface area contributed by atoms with Crippen molar-refractivity contribution in [2.45, 2.75) is 270 Å². The topological polar surface area (TPSA) is 105 Å². The Morgan fingerprint density at radius 3 is 1.28 bits per heavy atom. The van der Waals surface area contributed by atoms with Crippen LogP contribution in [0.25, 0.3) is 0 Å². The first kappa shape index (κ1) is 59.2. The number of unbranched alkanes of at least 4 members (excludes halogenated alkanes) is 33. The SMILES string of the molecule is CCCCCCCCCC/C=C\CCCCCCCCCCCCCCCCCCCCCC(=O)NC(COP(=O)(O)OCC[N+](C)(C)C)C(O)CCCCCCCCC. The second kappa shape index (κ2) is 43.5. The monoisotopic (exact) mass is 872 g/mol. The van der Waals surface area contributed by atoms with Gasteiger partial charge in [-0.25, -0.2) is 4.57 Å². The molecular weight excluding hydrogens is 768 g/mol. The van der Waals surface area contributed by atoms with E-state index in [4.69, 9.17) is 9.05 Å². The van der Waals surface area contributed by atoms with Crippen LogP contribution in [0.5, 0.6) is 0 Å². The summed E-state index contributed by atoms with van der Waals surface area (Å²) in [7, 11) is 1.62. The molecular formula is C51H104N2O6P+. The van der Waals surface area contributed by atoms with Gasteiger partial charge >= 0.3 is 7.82 Å². The predicted octanol–water partition coefficient (Wildman–Crippen LogP) is 15.1. The van der Waals surface area contributed by atoms with Crippen LogP contribution < -0.4 is 5.32 Å². The molecule has 0 spiro atoms. The van der Waals surface area contributed by atoms with E-state index in [0.717, 1.165) is 38.5 Å². The van der Waals surface area contributed by atoms with Gasteiger partial charge in [0, 0.05) is 6.42 Å². The van der Waals surface area contributed by atoms with Crippen LogP contribution in [-0.2, 0) is 18.4 Å². The second-order valence-electron chi connectivity index (χ2n) is 19.3. The third-order valence-corrected chi connectivity index (χ3v) is 13.0. The molecule has 9 heteroatoms. The summed E-state index contributed by atoms with van der Waals surface area (Å²) in [5.41, 5.74) is 0. The summed E-state index contributed by atoms with van der Waals surface area (Å²) in [6.45, 7) is 4.86. The van der Waals surface area contributed by atoms with Crippen molar-refractivity contribution in [3.8, 4) is 0 Å². The molecule has 0 aliphatic rings. The van der Waals surface area contributed by atoms with Crippen molar-refractivity contribution < 1.29 is 32.9 Å². The van der Waals surface area contributed by atoms with E-state index in [2.05, 4.69) is 31.3 Å². The van der Waals surface area contributed by atoms with E-state index in [0.29, 0.717) is 23.9 Å².